The second kappa shape index (κ2) is 4.62. The van der Waals surface area contributed by atoms with Crippen molar-refractivity contribution in [2.24, 2.45) is 5.84 Å². The second-order valence-electron chi connectivity index (χ2n) is 3.04. The molecule has 0 radical (unpaired) electrons. The number of hydrogen-bond acceptors (Lipinski definition) is 4. The lowest BCUT2D eigenvalue weighted by Crippen LogP contribution is -2.09. The predicted octanol–water partition coefficient (Wildman–Crippen LogP) is 0.996. The number of hydrogen-bond donors (Lipinski definition) is 2. The summed E-state index contributed by atoms with van der Waals surface area (Å²) in [4.78, 5) is 11.1. The maximum absolute atomic E-state index is 11.1. The monoisotopic (exact) mass is 194 g/mol. The molecule has 0 unspecified atom stereocenters. The lowest BCUT2D eigenvalue weighted by atomic mass is 10.1. The van der Waals surface area contributed by atoms with E-state index in [1.54, 1.807) is 0 Å². The summed E-state index contributed by atoms with van der Waals surface area (Å²) in [5, 5.41) is 0. The highest BCUT2D eigenvalue weighted by atomic mass is 16.5. The van der Waals surface area contributed by atoms with Crippen molar-refractivity contribution >= 4 is 11.7 Å². The summed E-state index contributed by atoms with van der Waals surface area (Å²) >= 11 is 0. The summed E-state index contributed by atoms with van der Waals surface area (Å²) in [5.41, 5.74) is 5.29. The Hall–Kier alpha value is -1.55. The quantitative estimate of drug-likeness (QED) is 0.428. The SMILES string of the molecule is COC(=O)Cc1cc(NN)ccc1C. The minimum atomic E-state index is -0.248. The fourth-order valence-corrected chi connectivity index (χ4v) is 1.18. The predicted molar refractivity (Wildman–Crippen MR) is 54.7 cm³/mol. The highest BCUT2D eigenvalue weighted by Crippen LogP contribution is 2.15. The first-order valence-electron chi connectivity index (χ1n) is 4.30. The third-order valence-corrected chi connectivity index (χ3v) is 2.08. The zero-order chi connectivity index (χ0) is 10.6. The van der Waals surface area contributed by atoms with Crippen LogP contribution in [-0.4, -0.2) is 13.1 Å². The summed E-state index contributed by atoms with van der Waals surface area (Å²) in [6, 6.07) is 5.61. The normalized spacial score (nSPS) is 9.64. The van der Waals surface area contributed by atoms with Crippen LogP contribution in [0.25, 0.3) is 0 Å². The van der Waals surface area contributed by atoms with E-state index in [1.807, 2.05) is 25.1 Å². The first-order chi connectivity index (χ1) is 6.67. The summed E-state index contributed by atoms with van der Waals surface area (Å²) in [6.07, 6.45) is 0.276. The maximum Gasteiger partial charge on any atom is 0.309 e. The largest absolute Gasteiger partial charge is 0.469 e. The highest BCUT2D eigenvalue weighted by Gasteiger charge is 2.06. The van der Waals surface area contributed by atoms with Crippen LogP contribution in [0.5, 0.6) is 0 Å². The summed E-state index contributed by atoms with van der Waals surface area (Å²) in [6.45, 7) is 1.94. The van der Waals surface area contributed by atoms with E-state index in [-0.39, 0.29) is 12.4 Å². The van der Waals surface area contributed by atoms with Gasteiger partial charge in [-0.15, -0.1) is 0 Å². The molecular weight excluding hydrogens is 180 g/mol. The number of nitrogen functional groups attached to an aromatic ring is 1. The average Bonchev–Trinajstić information content (AvgIpc) is 2.21. The van der Waals surface area contributed by atoms with Gasteiger partial charge in [-0.3, -0.25) is 10.6 Å². The lowest BCUT2D eigenvalue weighted by molar-refractivity contribution is -0.139. The molecule has 3 N–H and O–H groups in total. The van der Waals surface area contributed by atoms with Crippen molar-refractivity contribution < 1.29 is 9.53 Å². The Bertz CT molecular complexity index is 337. The van der Waals surface area contributed by atoms with Crippen LogP contribution in [0.1, 0.15) is 11.1 Å². The van der Waals surface area contributed by atoms with Crippen LogP contribution in [0.2, 0.25) is 0 Å². The number of hydrazine groups is 1. The molecule has 0 heterocycles. The number of esters is 1. The molecule has 0 saturated carbocycles. The first-order valence-corrected chi connectivity index (χ1v) is 4.30. The number of aryl methyl sites for hydroxylation is 1. The Morgan fingerprint density at radius 1 is 1.57 bits per heavy atom. The lowest BCUT2D eigenvalue weighted by Gasteiger charge is -2.07. The first kappa shape index (κ1) is 10.5. The van der Waals surface area contributed by atoms with Crippen molar-refractivity contribution in [2.75, 3.05) is 12.5 Å². The molecule has 0 aliphatic heterocycles. The summed E-state index contributed by atoms with van der Waals surface area (Å²) < 4.78 is 4.59. The van der Waals surface area contributed by atoms with Gasteiger partial charge in [0.15, 0.2) is 0 Å². The molecule has 4 heteroatoms. The van der Waals surface area contributed by atoms with Crippen LogP contribution in [0.15, 0.2) is 18.2 Å². The van der Waals surface area contributed by atoms with Crippen LogP contribution >= 0.6 is 0 Å². The number of methoxy groups -OCH3 is 1. The molecule has 0 atom stereocenters. The van der Waals surface area contributed by atoms with E-state index in [2.05, 4.69) is 10.2 Å². The van der Waals surface area contributed by atoms with Crippen LogP contribution in [0, 0.1) is 6.92 Å². The van der Waals surface area contributed by atoms with Gasteiger partial charge in [0.05, 0.1) is 13.5 Å². The maximum atomic E-state index is 11.1. The second-order valence-corrected chi connectivity index (χ2v) is 3.04. The van der Waals surface area contributed by atoms with Gasteiger partial charge in [-0.1, -0.05) is 6.07 Å². The van der Waals surface area contributed by atoms with Crippen molar-refractivity contribution in [3.05, 3.63) is 29.3 Å². The minimum absolute atomic E-state index is 0.248. The zero-order valence-corrected chi connectivity index (χ0v) is 8.33. The smallest absolute Gasteiger partial charge is 0.309 e. The van der Waals surface area contributed by atoms with Crippen molar-refractivity contribution in [1.29, 1.82) is 0 Å². The number of ether oxygens (including phenoxy) is 1. The van der Waals surface area contributed by atoms with Crippen LogP contribution in [0.3, 0.4) is 0 Å². The van der Waals surface area contributed by atoms with Gasteiger partial charge in [0.25, 0.3) is 0 Å². The standard InChI is InChI=1S/C10H14N2O2/c1-7-3-4-9(12-11)5-8(7)6-10(13)14-2/h3-5,12H,6,11H2,1-2H3. The van der Waals surface area contributed by atoms with Crippen molar-refractivity contribution in [3.63, 3.8) is 0 Å². The average molecular weight is 194 g/mol. The minimum Gasteiger partial charge on any atom is -0.469 e. The molecule has 0 aliphatic rings. The molecule has 1 aromatic rings. The molecule has 0 saturated heterocycles. The molecule has 0 bridgehead atoms. The number of anilines is 1. The fraction of sp³-hybridized carbons (Fsp3) is 0.300. The molecule has 4 nitrogen and oxygen atoms in total. The van der Waals surface area contributed by atoms with Crippen LogP contribution in [0.4, 0.5) is 5.69 Å². The Morgan fingerprint density at radius 2 is 2.29 bits per heavy atom. The van der Waals surface area contributed by atoms with Gasteiger partial charge in [-0.25, -0.2) is 0 Å². The molecule has 76 valence electrons. The molecule has 14 heavy (non-hydrogen) atoms. The van der Waals surface area contributed by atoms with Gasteiger partial charge in [0, 0.05) is 5.69 Å². The van der Waals surface area contributed by atoms with E-state index >= 15 is 0 Å². The molecule has 0 amide bonds. The topological polar surface area (TPSA) is 64.3 Å². The van der Waals surface area contributed by atoms with E-state index < -0.39 is 0 Å². The van der Waals surface area contributed by atoms with Crippen LogP contribution in [-0.2, 0) is 16.0 Å². The molecule has 0 spiro atoms. The number of carbonyl (C=O) groups excluding carboxylic acids is 1. The van der Waals surface area contributed by atoms with E-state index in [0.29, 0.717) is 0 Å². The molecule has 1 rings (SSSR count). The fourth-order valence-electron chi connectivity index (χ4n) is 1.18. The molecule has 0 fully saturated rings. The van der Waals surface area contributed by atoms with E-state index in [9.17, 15) is 4.79 Å². The van der Waals surface area contributed by atoms with Gasteiger partial charge in [0.2, 0.25) is 0 Å². The molecule has 1 aromatic carbocycles. The molecule has 0 aromatic heterocycles. The van der Waals surface area contributed by atoms with Crippen molar-refractivity contribution in [2.45, 2.75) is 13.3 Å². The third kappa shape index (κ3) is 2.47. The summed E-state index contributed by atoms with van der Waals surface area (Å²) in [5.74, 6) is 5.02. The number of rotatable bonds is 3. The van der Waals surface area contributed by atoms with Gasteiger partial charge < -0.3 is 10.2 Å². The Balaban J connectivity index is 2.89. The van der Waals surface area contributed by atoms with E-state index in [4.69, 9.17) is 5.84 Å². The van der Waals surface area contributed by atoms with Crippen molar-refractivity contribution in [1.82, 2.24) is 0 Å². The van der Waals surface area contributed by atoms with Gasteiger partial charge in [-0.2, -0.15) is 0 Å². The Morgan fingerprint density at radius 3 is 2.86 bits per heavy atom. The third-order valence-electron chi connectivity index (χ3n) is 2.08. The number of carbonyl (C=O) groups is 1. The van der Waals surface area contributed by atoms with Gasteiger partial charge >= 0.3 is 5.97 Å². The molecule has 0 aliphatic carbocycles. The van der Waals surface area contributed by atoms with Gasteiger partial charge in [-0.05, 0) is 30.2 Å². The van der Waals surface area contributed by atoms with Crippen molar-refractivity contribution in [3.8, 4) is 0 Å². The molecular formula is C10H14N2O2. The Kier molecular flexibility index (Phi) is 3.48. The summed E-state index contributed by atoms with van der Waals surface area (Å²) in [7, 11) is 1.38. The number of nitrogens with one attached hydrogen (secondary N) is 1. The highest BCUT2D eigenvalue weighted by molar-refractivity contribution is 5.73. The Labute approximate surface area is 83.0 Å². The van der Waals surface area contributed by atoms with E-state index in [1.165, 1.54) is 7.11 Å². The number of benzene rings is 1. The zero-order valence-electron chi connectivity index (χ0n) is 8.33. The van der Waals surface area contributed by atoms with Gasteiger partial charge in [0.1, 0.15) is 0 Å². The number of nitrogens with two attached hydrogens (primary N) is 1. The van der Waals surface area contributed by atoms with E-state index in [0.717, 1.165) is 16.8 Å². The van der Waals surface area contributed by atoms with Crippen LogP contribution < -0.4 is 11.3 Å².